The minimum atomic E-state index is -0.0325. The van der Waals surface area contributed by atoms with Gasteiger partial charge >= 0.3 is 0 Å². The van der Waals surface area contributed by atoms with Crippen LogP contribution in [0, 0.1) is 13.8 Å². The van der Waals surface area contributed by atoms with Crippen molar-refractivity contribution in [3.63, 3.8) is 0 Å². The summed E-state index contributed by atoms with van der Waals surface area (Å²) in [5, 5.41) is 3.51. The summed E-state index contributed by atoms with van der Waals surface area (Å²) in [5.41, 5.74) is 2.60. The molecule has 0 spiro atoms. The Bertz CT molecular complexity index is 569. The average Bonchev–Trinajstić information content (AvgIpc) is 2.38. The second-order valence-corrected chi connectivity index (χ2v) is 5.38. The molecule has 2 aromatic heterocycles. The number of thioether (sulfide) groups is 1. The molecule has 0 saturated heterocycles. The van der Waals surface area contributed by atoms with Crippen molar-refractivity contribution < 1.29 is 4.79 Å². The minimum Gasteiger partial charge on any atom is -0.325 e. The Morgan fingerprint density at radius 3 is 2.70 bits per heavy atom. The van der Waals surface area contributed by atoms with Crippen LogP contribution in [0.1, 0.15) is 17.8 Å². The van der Waals surface area contributed by atoms with Crippen LogP contribution in [0.5, 0.6) is 0 Å². The third kappa shape index (κ3) is 4.62. The third-order valence-corrected chi connectivity index (χ3v) is 3.32. The predicted molar refractivity (Wildman–Crippen MR) is 79.7 cm³/mol. The van der Waals surface area contributed by atoms with Crippen molar-refractivity contribution in [2.45, 2.75) is 25.4 Å². The lowest BCUT2D eigenvalue weighted by atomic mass is 10.4. The lowest BCUT2D eigenvalue weighted by Gasteiger charge is -2.05. The van der Waals surface area contributed by atoms with Gasteiger partial charge in [-0.3, -0.25) is 9.78 Å². The molecular formula is C14H16N4OS. The van der Waals surface area contributed by atoms with Gasteiger partial charge in [0.1, 0.15) is 0 Å². The number of amides is 1. The smallest absolute Gasteiger partial charge is 0.225 e. The molecule has 1 N–H and O–H groups in total. The van der Waals surface area contributed by atoms with Crippen LogP contribution >= 0.6 is 11.8 Å². The topological polar surface area (TPSA) is 67.8 Å². The fourth-order valence-electron chi connectivity index (χ4n) is 1.65. The Kier molecular flexibility index (Phi) is 5.06. The molecule has 2 rings (SSSR count). The summed E-state index contributed by atoms with van der Waals surface area (Å²) in [4.78, 5) is 24.3. The Morgan fingerprint density at radius 1 is 1.30 bits per heavy atom. The van der Waals surface area contributed by atoms with Crippen LogP contribution < -0.4 is 5.32 Å². The average molecular weight is 288 g/mol. The number of nitrogens with zero attached hydrogens (tertiary/aromatic N) is 3. The lowest BCUT2D eigenvalue weighted by Crippen LogP contribution is -2.12. The monoisotopic (exact) mass is 288 g/mol. The molecule has 2 aromatic rings. The van der Waals surface area contributed by atoms with Gasteiger partial charge in [-0.1, -0.05) is 11.8 Å². The van der Waals surface area contributed by atoms with E-state index in [4.69, 9.17) is 0 Å². The first-order valence-corrected chi connectivity index (χ1v) is 7.27. The Morgan fingerprint density at radius 2 is 2.05 bits per heavy atom. The number of hydrogen-bond acceptors (Lipinski definition) is 5. The minimum absolute atomic E-state index is 0.0325. The Labute approximate surface area is 122 Å². The van der Waals surface area contributed by atoms with E-state index in [1.54, 1.807) is 18.5 Å². The van der Waals surface area contributed by atoms with Crippen molar-refractivity contribution in [3.05, 3.63) is 42.0 Å². The molecule has 0 aliphatic rings. The van der Waals surface area contributed by atoms with Gasteiger partial charge < -0.3 is 5.32 Å². The van der Waals surface area contributed by atoms with E-state index in [0.29, 0.717) is 17.9 Å². The highest BCUT2D eigenvalue weighted by molar-refractivity contribution is 7.99. The summed E-state index contributed by atoms with van der Waals surface area (Å²) in [6, 6.07) is 5.53. The van der Waals surface area contributed by atoms with Crippen molar-refractivity contribution in [2.24, 2.45) is 0 Å². The molecule has 0 aliphatic heterocycles. The number of nitrogens with one attached hydrogen (secondary N) is 1. The van der Waals surface area contributed by atoms with Crippen LogP contribution in [0.2, 0.25) is 0 Å². The van der Waals surface area contributed by atoms with Gasteiger partial charge in [0.2, 0.25) is 5.91 Å². The molecule has 0 atom stereocenters. The highest BCUT2D eigenvalue weighted by atomic mass is 32.2. The number of carbonyl (C=O) groups excluding carboxylic acids is 1. The maximum absolute atomic E-state index is 11.7. The summed E-state index contributed by atoms with van der Waals surface area (Å²) < 4.78 is 0. The van der Waals surface area contributed by atoms with Crippen LogP contribution in [0.15, 0.2) is 35.7 Å². The number of anilines is 1. The van der Waals surface area contributed by atoms with Crippen LogP contribution in [-0.4, -0.2) is 26.6 Å². The van der Waals surface area contributed by atoms with Gasteiger partial charge in [0.15, 0.2) is 5.16 Å². The maximum atomic E-state index is 11.7. The highest BCUT2D eigenvalue weighted by Gasteiger charge is 2.05. The van der Waals surface area contributed by atoms with Crippen LogP contribution in [-0.2, 0) is 4.79 Å². The SMILES string of the molecule is Cc1cc(C)nc(SCCC(=O)Nc2cccnc2)n1. The van der Waals surface area contributed by atoms with E-state index < -0.39 is 0 Å². The van der Waals surface area contributed by atoms with Gasteiger partial charge in [0.25, 0.3) is 0 Å². The van der Waals surface area contributed by atoms with Crippen LogP contribution in [0.3, 0.4) is 0 Å². The zero-order valence-electron chi connectivity index (χ0n) is 11.5. The first-order valence-electron chi connectivity index (χ1n) is 6.28. The fourth-order valence-corrected chi connectivity index (χ4v) is 2.54. The van der Waals surface area contributed by atoms with E-state index in [0.717, 1.165) is 16.5 Å². The first kappa shape index (κ1) is 14.5. The Balaban J connectivity index is 1.79. The third-order valence-electron chi connectivity index (χ3n) is 2.47. The van der Waals surface area contributed by atoms with E-state index in [-0.39, 0.29) is 5.91 Å². The zero-order chi connectivity index (χ0) is 14.4. The molecule has 0 bridgehead atoms. The normalized spacial score (nSPS) is 10.3. The van der Waals surface area contributed by atoms with Crippen LogP contribution in [0.25, 0.3) is 0 Å². The Hall–Kier alpha value is -1.95. The number of hydrogen-bond donors (Lipinski definition) is 1. The summed E-state index contributed by atoms with van der Waals surface area (Å²) in [6.45, 7) is 3.88. The summed E-state index contributed by atoms with van der Waals surface area (Å²) in [6.07, 6.45) is 3.71. The van der Waals surface area contributed by atoms with Gasteiger partial charge in [0, 0.05) is 29.8 Å². The van der Waals surface area contributed by atoms with Crippen LogP contribution in [0.4, 0.5) is 5.69 Å². The molecule has 0 aromatic carbocycles. The molecule has 5 nitrogen and oxygen atoms in total. The van der Waals surface area contributed by atoms with Gasteiger partial charge in [-0.25, -0.2) is 9.97 Å². The number of rotatable bonds is 5. The molecule has 2 heterocycles. The maximum Gasteiger partial charge on any atom is 0.225 e. The summed E-state index contributed by atoms with van der Waals surface area (Å²) in [7, 11) is 0. The van der Waals surface area contributed by atoms with Crippen molar-refractivity contribution in [2.75, 3.05) is 11.1 Å². The molecule has 0 unspecified atom stereocenters. The van der Waals surface area contributed by atoms with E-state index >= 15 is 0 Å². The quantitative estimate of drug-likeness (QED) is 0.676. The molecule has 0 fully saturated rings. The van der Waals surface area contributed by atoms with E-state index in [2.05, 4.69) is 20.3 Å². The van der Waals surface area contributed by atoms with E-state index in [9.17, 15) is 4.79 Å². The number of aromatic nitrogens is 3. The van der Waals surface area contributed by atoms with Gasteiger partial charge in [-0.05, 0) is 32.0 Å². The predicted octanol–water partition coefficient (Wildman–Crippen LogP) is 2.61. The fraction of sp³-hybridized carbons (Fsp3) is 0.286. The second-order valence-electron chi connectivity index (χ2n) is 4.32. The lowest BCUT2D eigenvalue weighted by molar-refractivity contribution is -0.115. The number of pyridine rings is 1. The van der Waals surface area contributed by atoms with Crippen molar-refractivity contribution >= 4 is 23.4 Å². The molecule has 6 heteroatoms. The number of aryl methyl sites for hydroxylation is 2. The molecular weight excluding hydrogens is 272 g/mol. The van der Waals surface area contributed by atoms with Gasteiger partial charge in [-0.15, -0.1) is 0 Å². The summed E-state index contributed by atoms with van der Waals surface area (Å²) >= 11 is 1.49. The van der Waals surface area contributed by atoms with Gasteiger partial charge in [0.05, 0.1) is 11.9 Å². The second kappa shape index (κ2) is 7.00. The molecule has 0 aliphatic carbocycles. The molecule has 0 radical (unpaired) electrons. The van der Waals surface area contributed by atoms with Crippen molar-refractivity contribution in [3.8, 4) is 0 Å². The van der Waals surface area contributed by atoms with E-state index in [1.807, 2.05) is 26.0 Å². The first-order chi connectivity index (χ1) is 9.63. The zero-order valence-corrected chi connectivity index (χ0v) is 12.3. The highest BCUT2D eigenvalue weighted by Crippen LogP contribution is 2.15. The van der Waals surface area contributed by atoms with Crippen molar-refractivity contribution in [1.29, 1.82) is 0 Å². The standard InChI is InChI=1S/C14H16N4OS/c1-10-8-11(2)17-14(16-10)20-7-5-13(19)18-12-4-3-6-15-9-12/h3-4,6,8-9H,5,7H2,1-2H3,(H,18,19). The van der Waals surface area contributed by atoms with E-state index in [1.165, 1.54) is 11.8 Å². The number of carbonyl (C=O) groups is 1. The molecule has 0 saturated carbocycles. The molecule has 20 heavy (non-hydrogen) atoms. The largest absolute Gasteiger partial charge is 0.325 e. The van der Waals surface area contributed by atoms with Gasteiger partial charge in [-0.2, -0.15) is 0 Å². The molecule has 1 amide bonds. The molecule has 104 valence electrons. The summed E-state index contributed by atoms with van der Waals surface area (Å²) in [5.74, 6) is 0.615. The van der Waals surface area contributed by atoms with Crippen molar-refractivity contribution in [1.82, 2.24) is 15.0 Å².